The van der Waals surface area contributed by atoms with Crippen LogP contribution in [-0.4, -0.2) is 66.3 Å². The molecule has 0 aliphatic carbocycles. The summed E-state index contributed by atoms with van der Waals surface area (Å²) in [4.78, 5) is 38.0. The standard InChI is InChI=1S/C20H26ClN5O4/c1-5-14-17(21)25-18(23-14)19(27)24-15-6-7-26(10-16(15)29-3)12-8-13(20(28)30-4)11(2)22-9-12/h8-9,15-16H,5-7,10H2,1-4H3,(H,23,25)(H,24,27)/t15-,16+/m0/s1. The van der Waals surface area contributed by atoms with Crippen LogP contribution in [0.4, 0.5) is 5.69 Å². The van der Waals surface area contributed by atoms with Crippen molar-refractivity contribution in [3.8, 4) is 0 Å². The minimum atomic E-state index is -0.421. The van der Waals surface area contributed by atoms with Crippen LogP contribution in [0.25, 0.3) is 0 Å². The fourth-order valence-electron chi connectivity index (χ4n) is 3.53. The van der Waals surface area contributed by atoms with Gasteiger partial charge in [-0.1, -0.05) is 18.5 Å². The summed E-state index contributed by atoms with van der Waals surface area (Å²) >= 11 is 6.04. The highest BCUT2D eigenvalue weighted by Crippen LogP contribution is 2.24. The molecule has 2 aromatic heterocycles. The Bertz CT molecular complexity index is 932. The first-order chi connectivity index (χ1) is 14.4. The number of aryl methyl sites for hydroxylation is 2. The van der Waals surface area contributed by atoms with Crippen molar-refractivity contribution in [1.82, 2.24) is 20.3 Å². The Balaban J connectivity index is 1.70. The van der Waals surface area contributed by atoms with E-state index in [9.17, 15) is 9.59 Å². The van der Waals surface area contributed by atoms with Crippen LogP contribution in [0.2, 0.25) is 5.15 Å². The number of nitrogens with one attached hydrogen (secondary N) is 2. The molecule has 10 heteroatoms. The molecule has 2 aromatic rings. The minimum absolute atomic E-state index is 0.189. The summed E-state index contributed by atoms with van der Waals surface area (Å²) in [7, 11) is 2.96. The van der Waals surface area contributed by atoms with E-state index in [4.69, 9.17) is 21.1 Å². The van der Waals surface area contributed by atoms with Crippen LogP contribution in [0.1, 0.15) is 45.7 Å². The molecule has 2 atom stereocenters. The normalized spacial score (nSPS) is 18.9. The van der Waals surface area contributed by atoms with E-state index in [1.165, 1.54) is 7.11 Å². The average Bonchev–Trinajstić information content (AvgIpc) is 3.14. The number of aromatic amines is 1. The molecule has 3 heterocycles. The number of nitrogens with zero attached hydrogens (tertiary/aromatic N) is 3. The third-order valence-electron chi connectivity index (χ3n) is 5.32. The van der Waals surface area contributed by atoms with Gasteiger partial charge in [-0.25, -0.2) is 9.78 Å². The van der Waals surface area contributed by atoms with Gasteiger partial charge >= 0.3 is 5.97 Å². The van der Waals surface area contributed by atoms with Crippen LogP contribution >= 0.6 is 11.6 Å². The van der Waals surface area contributed by atoms with Crippen LogP contribution in [0.5, 0.6) is 0 Å². The zero-order chi connectivity index (χ0) is 21.8. The molecule has 0 radical (unpaired) electrons. The van der Waals surface area contributed by atoms with Crippen molar-refractivity contribution in [2.24, 2.45) is 0 Å². The predicted octanol–water partition coefficient (Wildman–Crippen LogP) is 2.14. The van der Waals surface area contributed by atoms with Crippen LogP contribution in [-0.2, 0) is 15.9 Å². The largest absolute Gasteiger partial charge is 0.465 e. The SMILES string of the molecule is CCc1[nH]c(C(=O)N[C@H]2CCN(c3cnc(C)c(C(=O)OC)c3)C[C@H]2OC)nc1Cl. The molecule has 9 nitrogen and oxygen atoms in total. The number of aromatic nitrogens is 3. The second kappa shape index (κ2) is 9.44. The number of amides is 1. The molecule has 0 spiro atoms. The lowest BCUT2D eigenvalue weighted by Gasteiger charge is -2.39. The first-order valence-electron chi connectivity index (χ1n) is 9.75. The second-order valence-electron chi connectivity index (χ2n) is 7.12. The Morgan fingerprint density at radius 2 is 2.17 bits per heavy atom. The topological polar surface area (TPSA) is 109 Å². The highest BCUT2D eigenvalue weighted by Gasteiger charge is 2.32. The van der Waals surface area contributed by atoms with Crippen LogP contribution in [0.3, 0.4) is 0 Å². The maximum absolute atomic E-state index is 12.6. The van der Waals surface area contributed by atoms with Gasteiger partial charge in [-0.15, -0.1) is 0 Å². The summed E-state index contributed by atoms with van der Waals surface area (Å²) in [5, 5.41) is 3.30. The Labute approximate surface area is 180 Å². The van der Waals surface area contributed by atoms with Crippen molar-refractivity contribution >= 4 is 29.2 Å². The molecular formula is C20H26ClN5O4. The maximum Gasteiger partial charge on any atom is 0.339 e. The maximum atomic E-state index is 12.6. The predicted molar refractivity (Wildman–Crippen MR) is 112 cm³/mol. The quantitative estimate of drug-likeness (QED) is 0.669. The molecule has 1 fully saturated rings. The number of ether oxygens (including phenoxy) is 2. The van der Waals surface area contributed by atoms with E-state index in [1.807, 2.05) is 6.92 Å². The van der Waals surface area contributed by atoms with E-state index in [-0.39, 0.29) is 23.9 Å². The lowest BCUT2D eigenvalue weighted by molar-refractivity contribution is 0.0537. The Kier molecular flexibility index (Phi) is 6.94. The van der Waals surface area contributed by atoms with E-state index < -0.39 is 5.97 Å². The highest BCUT2D eigenvalue weighted by molar-refractivity contribution is 6.30. The Morgan fingerprint density at radius 3 is 2.80 bits per heavy atom. The highest BCUT2D eigenvalue weighted by atomic mass is 35.5. The van der Waals surface area contributed by atoms with Gasteiger partial charge in [0.05, 0.1) is 48.1 Å². The molecular weight excluding hydrogens is 410 g/mol. The Morgan fingerprint density at radius 1 is 1.40 bits per heavy atom. The molecule has 0 aromatic carbocycles. The van der Waals surface area contributed by atoms with Gasteiger partial charge in [-0.05, 0) is 25.8 Å². The molecule has 0 unspecified atom stereocenters. The van der Waals surface area contributed by atoms with E-state index >= 15 is 0 Å². The van der Waals surface area contributed by atoms with Gasteiger partial charge in [0.25, 0.3) is 5.91 Å². The van der Waals surface area contributed by atoms with Crippen LogP contribution in [0, 0.1) is 6.92 Å². The molecule has 30 heavy (non-hydrogen) atoms. The lowest BCUT2D eigenvalue weighted by atomic mass is 10.0. The fraction of sp³-hybridized carbons (Fsp3) is 0.500. The van der Waals surface area contributed by atoms with Gasteiger partial charge in [0.15, 0.2) is 11.0 Å². The van der Waals surface area contributed by atoms with Crippen molar-refractivity contribution in [2.75, 3.05) is 32.2 Å². The third kappa shape index (κ3) is 4.57. The molecule has 1 aliphatic heterocycles. The number of piperidine rings is 1. The van der Waals surface area contributed by atoms with Crippen molar-refractivity contribution in [3.63, 3.8) is 0 Å². The van der Waals surface area contributed by atoms with Crippen molar-refractivity contribution in [1.29, 1.82) is 0 Å². The molecule has 3 rings (SSSR count). The number of esters is 1. The molecule has 1 amide bonds. The summed E-state index contributed by atoms with van der Waals surface area (Å²) in [5.74, 6) is -0.544. The van der Waals surface area contributed by atoms with Gasteiger partial charge in [0.2, 0.25) is 0 Å². The van der Waals surface area contributed by atoms with E-state index in [1.54, 1.807) is 26.3 Å². The van der Waals surface area contributed by atoms with Gasteiger partial charge in [0, 0.05) is 20.2 Å². The van der Waals surface area contributed by atoms with E-state index in [2.05, 4.69) is 25.2 Å². The smallest absolute Gasteiger partial charge is 0.339 e. The number of imidazole rings is 1. The monoisotopic (exact) mass is 435 g/mol. The number of carbonyl (C=O) groups is 2. The number of pyridine rings is 1. The number of hydrogen-bond acceptors (Lipinski definition) is 7. The number of hydrogen-bond donors (Lipinski definition) is 2. The molecule has 0 saturated carbocycles. The molecule has 2 N–H and O–H groups in total. The second-order valence-corrected chi connectivity index (χ2v) is 7.47. The number of carbonyl (C=O) groups excluding carboxylic acids is 2. The third-order valence-corrected chi connectivity index (χ3v) is 5.63. The molecule has 0 bridgehead atoms. The lowest BCUT2D eigenvalue weighted by Crippen LogP contribution is -2.55. The van der Waals surface area contributed by atoms with Gasteiger partial charge in [-0.3, -0.25) is 9.78 Å². The summed E-state index contributed by atoms with van der Waals surface area (Å²) in [6.07, 6.45) is 2.79. The summed E-state index contributed by atoms with van der Waals surface area (Å²) in [5.41, 5.74) is 2.58. The van der Waals surface area contributed by atoms with Crippen molar-refractivity contribution in [3.05, 3.63) is 40.2 Å². The van der Waals surface area contributed by atoms with Gasteiger partial charge < -0.3 is 24.7 Å². The van der Waals surface area contributed by atoms with Crippen molar-refractivity contribution < 1.29 is 19.1 Å². The number of methoxy groups -OCH3 is 2. The summed E-state index contributed by atoms with van der Waals surface area (Å²) in [6.45, 7) is 4.89. The summed E-state index contributed by atoms with van der Waals surface area (Å²) in [6, 6.07) is 1.59. The molecule has 1 aliphatic rings. The van der Waals surface area contributed by atoms with Crippen LogP contribution < -0.4 is 10.2 Å². The molecule has 162 valence electrons. The van der Waals surface area contributed by atoms with Crippen molar-refractivity contribution in [2.45, 2.75) is 38.8 Å². The average molecular weight is 436 g/mol. The summed E-state index contributed by atoms with van der Waals surface area (Å²) < 4.78 is 10.5. The number of halogens is 1. The molecule has 1 saturated heterocycles. The first-order valence-corrected chi connectivity index (χ1v) is 10.1. The fourth-order valence-corrected chi connectivity index (χ4v) is 3.80. The van der Waals surface area contributed by atoms with Gasteiger partial charge in [-0.2, -0.15) is 0 Å². The number of H-pyrrole nitrogens is 1. The number of rotatable bonds is 6. The van der Waals surface area contributed by atoms with Crippen LogP contribution in [0.15, 0.2) is 12.3 Å². The Hall–Kier alpha value is -2.65. The van der Waals surface area contributed by atoms with E-state index in [0.717, 1.165) is 11.4 Å². The minimum Gasteiger partial charge on any atom is -0.465 e. The zero-order valence-corrected chi connectivity index (χ0v) is 18.2. The first kappa shape index (κ1) is 22.0. The van der Waals surface area contributed by atoms with E-state index in [0.29, 0.717) is 42.3 Å². The zero-order valence-electron chi connectivity index (χ0n) is 17.5. The van der Waals surface area contributed by atoms with Gasteiger partial charge in [0.1, 0.15) is 0 Å². The number of anilines is 1.